The molecule has 5 atom stereocenters. The fraction of sp³-hybridized carbons (Fsp3) is 0.933. The molecule has 1 unspecified atom stereocenters. The highest BCUT2D eigenvalue weighted by Crippen LogP contribution is 2.53. The number of aliphatic hydroxyl groups excluding tert-OH is 1. The van der Waals surface area contributed by atoms with Gasteiger partial charge >= 0.3 is 0 Å². The summed E-state index contributed by atoms with van der Waals surface area (Å²) in [5.41, 5.74) is -0.744. The minimum atomic E-state index is -0.744. The molecule has 0 radical (unpaired) electrons. The molecule has 0 aromatic heterocycles. The van der Waals surface area contributed by atoms with Crippen molar-refractivity contribution in [1.29, 1.82) is 0 Å². The number of carbonyl (C=O) groups excluding carboxylic acids is 1. The fourth-order valence-corrected chi connectivity index (χ4v) is 4.87. The van der Waals surface area contributed by atoms with Gasteiger partial charge in [0.2, 0.25) is 0 Å². The molecule has 3 saturated carbocycles. The standard InChI is InChI=1S/C15H24O3/c16-9-11-8-12-6-2-1-4-10-5-3-7-15(12,18)13(10)14(11)17/h10-13,16,18H,1-9H2/t10-,11?,12+,13+,15+/m1/s1. The second-order valence-electron chi connectivity index (χ2n) is 6.62. The van der Waals surface area contributed by atoms with Gasteiger partial charge < -0.3 is 10.2 Å². The number of carbonyl (C=O) groups is 1. The zero-order valence-electron chi connectivity index (χ0n) is 11.0. The van der Waals surface area contributed by atoms with Gasteiger partial charge in [0, 0.05) is 11.8 Å². The molecule has 0 spiro atoms. The van der Waals surface area contributed by atoms with E-state index in [9.17, 15) is 15.0 Å². The lowest BCUT2D eigenvalue weighted by Crippen LogP contribution is -2.60. The lowest BCUT2D eigenvalue weighted by atomic mass is 9.53. The van der Waals surface area contributed by atoms with E-state index in [1.165, 1.54) is 12.8 Å². The van der Waals surface area contributed by atoms with Crippen LogP contribution in [0.3, 0.4) is 0 Å². The zero-order valence-corrected chi connectivity index (χ0v) is 11.0. The molecule has 3 fully saturated rings. The maximum Gasteiger partial charge on any atom is 0.144 e. The first-order valence-electron chi connectivity index (χ1n) is 7.54. The quantitative estimate of drug-likeness (QED) is 0.749. The van der Waals surface area contributed by atoms with E-state index in [4.69, 9.17) is 0 Å². The van der Waals surface area contributed by atoms with Gasteiger partial charge in [0.15, 0.2) is 0 Å². The molecule has 3 aliphatic carbocycles. The highest BCUT2D eigenvalue weighted by Gasteiger charge is 2.57. The van der Waals surface area contributed by atoms with Gasteiger partial charge in [0.25, 0.3) is 0 Å². The molecule has 0 amide bonds. The molecule has 3 rings (SSSR count). The van der Waals surface area contributed by atoms with Gasteiger partial charge in [0.05, 0.1) is 12.2 Å². The van der Waals surface area contributed by atoms with Crippen LogP contribution in [0.1, 0.15) is 51.4 Å². The van der Waals surface area contributed by atoms with Crippen molar-refractivity contribution in [3.05, 3.63) is 0 Å². The molecule has 3 nitrogen and oxygen atoms in total. The highest BCUT2D eigenvalue weighted by molar-refractivity contribution is 5.86. The summed E-state index contributed by atoms with van der Waals surface area (Å²) in [5, 5.41) is 20.5. The second kappa shape index (κ2) is 4.61. The Kier molecular flexibility index (Phi) is 3.23. The Morgan fingerprint density at radius 2 is 1.89 bits per heavy atom. The third kappa shape index (κ3) is 1.75. The molecule has 4 bridgehead atoms. The third-order valence-electron chi connectivity index (χ3n) is 5.74. The third-order valence-corrected chi connectivity index (χ3v) is 5.74. The molecule has 18 heavy (non-hydrogen) atoms. The second-order valence-corrected chi connectivity index (χ2v) is 6.62. The van der Waals surface area contributed by atoms with Crippen molar-refractivity contribution in [2.45, 2.75) is 57.0 Å². The fourth-order valence-electron chi connectivity index (χ4n) is 4.87. The Morgan fingerprint density at radius 1 is 1.17 bits per heavy atom. The van der Waals surface area contributed by atoms with E-state index in [0.717, 1.165) is 32.1 Å². The molecule has 3 heteroatoms. The maximum absolute atomic E-state index is 12.5. The number of rotatable bonds is 1. The van der Waals surface area contributed by atoms with Crippen molar-refractivity contribution in [1.82, 2.24) is 0 Å². The number of aliphatic hydroxyl groups is 2. The topological polar surface area (TPSA) is 57.5 Å². The van der Waals surface area contributed by atoms with Crippen molar-refractivity contribution in [2.24, 2.45) is 23.7 Å². The molecular weight excluding hydrogens is 228 g/mol. The largest absolute Gasteiger partial charge is 0.396 e. The smallest absolute Gasteiger partial charge is 0.144 e. The van der Waals surface area contributed by atoms with Gasteiger partial charge in [0.1, 0.15) is 5.78 Å². The van der Waals surface area contributed by atoms with Gasteiger partial charge in [-0.3, -0.25) is 4.79 Å². The molecule has 0 aliphatic heterocycles. The SMILES string of the molecule is O=C1C(CO)C[C@@H]2CCCC[C@@H]3CCC[C@@]2(O)[C@H]13. The average Bonchev–Trinajstić information content (AvgIpc) is 2.36. The van der Waals surface area contributed by atoms with Crippen LogP contribution in [0.2, 0.25) is 0 Å². The molecular formula is C15H24O3. The summed E-state index contributed by atoms with van der Waals surface area (Å²) in [7, 11) is 0. The van der Waals surface area contributed by atoms with E-state index in [-0.39, 0.29) is 30.1 Å². The van der Waals surface area contributed by atoms with Crippen LogP contribution in [0.5, 0.6) is 0 Å². The Hall–Kier alpha value is -0.410. The molecule has 0 saturated heterocycles. The summed E-state index contributed by atoms with van der Waals surface area (Å²) >= 11 is 0. The molecule has 102 valence electrons. The number of hydrogen-bond acceptors (Lipinski definition) is 3. The molecule has 2 N–H and O–H groups in total. The average molecular weight is 252 g/mol. The first kappa shape index (κ1) is 12.6. The van der Waals surface area contributed by atoms with Gasteiger partial charge in [-0.25, -0.2) is 0 Å². The minimum Gasteiger partial charge on any atom is -0.396 e. The Labute approximate surface area is 109 Å². The first-order chi connectivity index (χ1) is 8.66. The van der Waals surface area contributed by atoms with E-state index in [0.29, 0.717) is 12.3 Å². The maximum atomic E-state index is 12.5. The van der Waals surface area contributed by atoms with Crippen LogP contribution in [0, 0.1) is 23.7 Å². The van der Waals surface area contributed by atoms with Crippen LogP contribution in [-0.2, 0) is 4.79 Å². The van der Waals surface area contributed by atoms with E-state index < -0.39 is 5.60 Å². The predicted octanol–water partition coefficient (Wildman–Crippen LogP) is 1.91. The van der Waals surface area contributed by atoms with Gasteiger partial charge in [-0.05, 0) is 43.9 Å². The van der Waals surface area contributed by atoms with Crippen molar-refractivity contribution in [3.63, 3.8) is 0 Å². The van der Waals surface area contributed by atoms with Gasteiger partial charge in [-0.2, -0.15) is 0 Å². The van der Waals surface area contributed by atoms with Gasteiger partial charge in [-0.1, -0.05) is 19.3 Å². The van der Waals surface area contributed by atoms with Crippen LogP contribution in [-0.4, -0.2) is 28.2 Å². The van der Waals surface area contributed by atoms with Crippen LogP contribution < -0.4 is 0 Å². The zero-order chi connectivity index (χ0) is 12.8. The lowest BCUT2D eigenvalue weighted by molar-refractivity contribution is -0.176. The van der Waals surface area contributed by atoms with Crippen molar-refractivity contribution in [3.8, 4) is 0 Å². The van der Waals surface area contributed by atoms with Gasteiger partial charge in [-0.15, -0.1) is 0 Å². The van der Waals surface area contributed by atoms with Crippen LogP contribution >= 0.6 is 0 Å². The van der Waals surface area contributed by atoms with Crippen LogP contribution in [0.4, 0.5) is 0 Å². The monoisotopic (exact) mass is 252 g/mol. The summed E-state index contributed by atoms with van der Waals surface area (Å²) in [6.45, 7) is -0.0331. The summed E-state index contributed by atoms with van der Waals surface area (Å²) in [5.74, 6) is 0.373. The Morgan fingerprint density at radius 3 is 2.67 bits per heavy atom. The number of hydrogen-bond donors (Lipinski definition) is 2. The van der Waals surface area contributed by atoms with E-state index >= 15 is 0 Å². The highest BCUT2D eigenvalue weighted by atomic mass is 16.3. The Bertz CT molecular complexity index is 341. The number of ketones is 1. The molecule has 0 aromatic rings. The van der Waals surface area contributed by atoms with Crippen molar-refractivity contribution < 1.29 is 15.0 Å². The van der Waals surface area contributed by atoms with Crippen molar-refractivity contribution >= 4 is 5.78 Å². The number of Topliss-reactive ketones (excluding diaryl/α,β-unsaturated/α-hetero) is 1. The summed E-state index contributed by atoms with van der Waals surface area (Å²) in [6.07, 6.45) is 8.13. The summed E-state index contributed by atoms with van der Waals surface area (Å²) < 4.78 is 0. The van der Waals surface area contributed by atoms with Crippen molar-refractivity contribution in [2.75, 3.05) is 6.61 Å². The summed E-state index contributed by atoms with van der Waals surface area (Å²) in [4.78, 5) is 12.5. The molecule has 3 aliphatic rings. The van der Waals surface area contributed by atoms with E-state index in [2.05, 4.69) is 0 Å². The molecule has 0 heterocycles. The Balaban J connectivity index is 1.98. The van der Waals surface area contributed by atoms with Crippen LogP contribution in [0.15, 0.2) is 0 Å². The summed E-state index contributed by atoms with van der Waals surface area (Å²) in [6, 6.07) is 0. The van der Waals surface area contributed by atoms with E-state index in [1.807, 2.05) is 0 Å². The predicted molar refractivity (Wildman–Crippen MR) is 67.9 cm³/mol. The molecule has 0 aromatic carbocycles. The lowest BCUT2D eigenvalue weighted by Gasteiger charge is -2.54. The van der Waals surface area contributed by atoms with Crippen LogP contribution in [0.25, 0.3) is 0 Å². The first-order valence-corrected chi connectivity index (χ1v) is 7.54. The van der Waals surface area contributed by atoms with E-state index in [1.54, 1.807) is 0 Å². The normalized spacial score (nSPS) is 48.4. The minimum absolute atomic E-state index is 0.0331.